The number of nitrogens with one attached hydrogen (secondary N) is 2. The molecule has 1 aliphatic heterocycles. The summed E-state index contributed by atoms with van der Waals surface area (Å²) in [7, 11) is 1.78. The van der Waals surface area contributed by atoms with Gasteiger partial charge < -0.3 is 19.8 Å². The van der Waals surface area contributed by atoms with Gasteiger partial charge >= 0.3 is 0 Å². The second-order valence-corrected chi connectivity index (χ2v) is 6.09. The molecule has 8 heteroatoms. The number of aryl methyl sites for hydroxylation is 1. The topological polar surface area (TPSA) is 83.0 Å². The number of carbonyl (C=O) groups excluding carboxylic acids is 1. The lowest BCUT2D eigenvalue weighted by Crippen LogP contribution is -2.49. The van der Waals surface area contributed by atoms with Crippen molar-refractivity contribution in [2.75, 3.05) is 18.0 Å². The minimum Gasteiger partial charge on any atom is -0.350 e. The summed E-state index contributed by atoms with van der Waals surface area (Å²) >= 11 is 5.92. The standard InChI is InChI=1S/C15H18ClN5O2/c1-20-8-10(16)7-12(20)14(22)19-11-3-2-6-21(9-11)13-15(23)18-5-4-17-13/h4-5,7-8,11H,2-3,6,9H2,1H3,(H,18,23)(H,19,22). The van der Waals surface area contributed by atoms with E-state index in [1.165, 1.54) is 6.20 Å². The highest BCUT2D eigenvalue weighted by Crippen LogP contribution is 2.16. The van der Waals surface area contributed by atoms with Crippen LogP contribution in [0.25, 0.3) is 0 Å². The zero-order valence-electron chi connectivity index (χ0n) is 12.8. The zero-order chi connectivity index (χ0) is 16.4. The third-order valence-electron chi connectivity index (χ3n) is 3.95. The van der Waals surface area contributed by atoms with Crippen molar-refractivity contribution in [1.82, 2.24) is 19.9 Å². The number of piperidine rings is 1. The highest BCUT2D eigenvalue weighted by molar-refractivity contribution is 6.31. The summed E-state index contributed by atoms with van der Waals surface area (Å²) in [6.07, 6.45) is 6.51. The predicted molar refractivity (Wildman–Crippen MR) is 88.0 cm³/mol. The maximum Gasteiger partial charge on any atom is 0.290 e. The van der Waals surface area contributed by atoms with Gasteiger partial charge in [-0.15, -0.1) is 0 Å². The minimum atomic E-state index is -0.214. The molecule has 1 saturated heterocycles. The summed E-state index contributed by atoms with van der Waals surface area (Å²) in [4.78, 5) is 32.9. The third-order valence-corrected chi connectivity index (χ3v) is 4.16. The van der Waals surface area contributed by atoms with E-state index in [9.17, 15) is 9.59 Å². The molecule has 1 aliphatic rings. The lowest BCUT2D eigenvalue weighted by molar-refractivity contribution is 0.0925. The molecule has 122 valence electrons. The van der Waals surface area contributed by atoms with Crippen LogP contribution < -0.4 is 15.8 Å². The minimum absolute atomic E-state index is 0.0358. The van der Waals surface area contributed by atoms with Gasteiger partial charge in [-0.3, -0.25) is 9.59 Å². The first-order valence-electron chi connectivity index (χ1n) is 7.46. The number of aromatic amines is 1. The van der Waals surface area contributed by atoms with E-state index < -0.39 is 0 Å². The van der Waals surface area contributed by atoms with Gasteiger partial charge in [-0.05, 0) is 18.9 Å². The SMILES string of the molecule is Cn1cc(Cl)cc1C(=O)NC1CCCN(c2ncc[nH]c2=O)C1. The molecule has 1 atom stereocenters. The van der Waals surface area contributed by atoms with E-state index in [0.29, 0.717) is 23.1 Å². The number of nitrogens with zero attached hydrogens (tertiary/aromatic N) is 3. The molecule has 3 heterocycles. The molecule has 1 fully saturated rings. The monoisotopic (exact) mass is 335 g/mol. The molecular formula is C15H18ClN5O2. The Morgan fingerprint density at radius 2 is 2.35 bits per heavy atom. The van der Waals surface area contributed by atoms with E-state index >= 15 is 0 Å². The highest BCUT2D eigenvalue weighted by atomic mass is 35.5. The maximum absolute atomic E-state index is 12.4. The second-order valence-electron chi connectivity index (χ2n) is 5.66. The molecule has 2 aromatic rings. The van der Waals surface area contributed by atoms with Crippen molar-refractivity contribution in [3.05, 3.63) is 45.7 Å². The number of rotatable bonds is 3. The number of carbonyl (C=O) groups is 1. The predicted octanol–water partition coefficient (Wildman–Crippen LogP) is 1.16. The van der Waals surface area contributed by atoms with Crippen molar-refractivity contribution < 1.29 is 4.79 Å². The smallest absolute Gasteiger partial charge is 0.290 e. The summed E-state index contributed by atoms with van der Waals surface area (Å²) in [6, 6.07) is 1.60. The Morgan fingerprint density at radius 3 is 3.04 bits per heavy atom. The van der Waals surface area contributed by atoms with Gasteiger partial charge in [0.1, 0.15) is 5.69 Å². The van der Waals surface area contributed by atoms with Gasteiger partial charge in [0, 0.05) is 44.8 Å². The van der Waals surface area contributed by atoms with Crippen LogP contribution in [-0.4, -0.2) is 39.6 Å². The molecule has 0 spiro atoms. The van der Waals surface area contributed by atoms with Crippen LogP contribution in [0.4, 0.5) is 5.82 Å². The molecule has 2 N–H and O–H groups in total. The van der Waals surface area contributed by atoms with Crippen LogP contribution in [0.3, 0.4) is 0 Å². The van der Waals surface area contributed by atoms with Crippen molar-refractivity contribution in [3.63, 3.8) is 0 Å². The molecule has 1 amide bonds. The Morgan fingerprint density at radius 1 is 1.52 bits per heavy atom. The molecule has 0 saturated carbocycles. The molecule has 0 aliphatic carbocycles. The fourth-order valence-electron chi connectivity index (χ4n) is 2.87. The quantitative estimate of drug-likeness (QED) is 0.881. The molecule has 23 heavy (non-hydrogen) atoms. The van der Waals surface area contributed by atoms with Gasteiger partial charge in [0.05, 0.1) is 5.02 Å². The van der Waals surface area contributed by atoms with Crippen molar-refractivity contribution >= 4 is 23.3 Å². The second kappa shape index (κ2) is 6.45. The van der Waals surface area contributed by atoms with Crippen LogP contribution in [0.15, 0.2) is 29.5 Å². The van der Waals surface area contributed by atoms with Gasteiger partial charge in [-0.25, -0.2) is 4.98 Å². The summed E-state index contributed by atoms with van der Waals surface area (Å²) < 4.78 is 1.70. The van der Waals surface area contributed by atoms with Gasteiger partial charge in [0.25, 0.3) is 11.5 Å². The average Bonchev–Trinajstić information content (AvgIpc) is 2.87. The van der Waals surface area contributed by atoms with Crippen molar-refractivity contribution in [1.29, 1.82) is 0 Å². The van der Waals surface area contributed by atoms with E-state index in [1.54, 1.807) is 30.1 Å². The molecular weight excluding hydrogens is 318 g/mol. The molecule has 0 radical (unpaired) electrons. The van der Waals surface area contributed by atoms with Crippen molar-refractivity contribution in [2.45, 2.75) is 18.9 Å². The lowest BCUT2D eigenvalue weighted by atomic mass is 10.1. The van der Waals surface area contributed by atoms with E-state index in [-0.39, 0.29) is 17.5 Å². The largest absolute Gasteiger partial charge is 0.350 e. The highest BCUT2D eigenvalue weighted by Gasteiger charge is 2.24. The third kappa shape index (κ3) is 3.39. The first-order chi connectivity index (χ1) is 11.0. The number of hydrogen-bond acceptors (Lipinski definition) is 4. The molecule has 2 aromatic heterocycles. The van der Waals surface area contributed by atoms with Crippen LogP contribution in [0.2, 0.25) is 5.02 Å². The first-order valence-corrected chi connectivity index (χ1v) is 7.84. The number of H-pyrrole nitrogens is 1. The van der Waals surface area contributed by atoms with E-state index in [4.69, 9.17) is 11.6 Å². The van der Waals surface area contributed by atoms with E-state index in [2.05, 4.69) is 15.3 Å². The number of aromatic nitrogens is 3. The van der Waals surface area contributed by atoms with Gasteiger partial charge in [-0.2, -0.15) is 0 Å². The van der Waals surface area contributed by atoms with Crippen LogP contribution >= 0.6 is 11.6 Å². The molecule has 3 rings (SSSR count). The molecule has 1 unspecified atom stereocenters. The Bertz CT molecular complexity index is 769. The summed E-state index contributed by atoms with van der Waals surface area (Å²) in [5, 5.41) is 3.54. The number of hydrogen-bond donors (Lipinski definition) is 2. The molecule has 7 nitrogen and oxygen atoms in total. The normalized spacial score (nSPS) is 18.0. The van der Waals surface area contributed by atoms with Crippen LogP contribution in [0.1, 0.15) is 23.3 Å². The van der Waals surface area contributed by atoms with Crippen molar-refractivity contribution in [2.24, 2.45) is 7.05 Å². The van der Waals surface area contributed by atoms with Gasteiger partial charge in [-0.1, -0.05) is 11.6 Å². The van der Waals surface area contributed by atoms with Crippen molar-refractivity contribution in [3.8, 4) is 0 Å². The van der Waals surface area contributed by atoms with Crippen LogP contribution in [0.5, 0.6) is 0 Å². The van der Waals surface area contributed by atoms with Gasteiger partial charge in [0.15, 0.2) is 5.82 Å². The lowest BCUT2D eigenvalue weighted by Gasteiger charge is -2.33. The fraction of sp³-hybridized carbons (Fsp3) is 0.400. The Balaban J connectivity index is 1.70. The zero-order valence-corrected chi connectivity index (χ0v) is 13.5. The van der Waals surface area contributed by atoms with Crippen LogP contribution in [-0.2, 0) is 7.05 Å². The van der Waals surface area contributed by atoms with E-state index in [1.807, 2.05) is 4.90 Å². The van der Waals surface area contributed by atoms with Crippen LogP contribution in [0, 0.1) is 0 Å². The average molecular weight is 336 g/mol. The summed E-state index contributed by atoms with van der Waals surface area (Å²) in [6.45, 7) is 1.31. The Hall–Kier alpha value is -2.28. The first kappa shape index (κ1) is 15.6. The Labute approximate surface area is 138 Å². The van der Waals surface area contributed by atoms with Gasteiger partial charge in [0.2, 0.25) is 0 Å². The number of anilines is 1. The summed E-state index contributed by atoms with van der Waals surface area (Å²) in [5.41, 5.74) is 0.302. The fourth-order valence-corrected chi connectivity index (χ4v) is 3.12. The number of amides is 1. The maximum atomic E-state index is 12.4. The number of halogens is 1. The summed E-state index contributed by atoms with van der Waals surface area (Å²) in [5.74, 6) is 0.231. The molecule has 0 aromatic carbocycles. The Kier molecular flexibility index (Phi) is 4.38. The molecule has 0 bridgehead atoms. The van der Waals surface area contributed by atoms with E-state index in [0.717, 1.165) is 19.4 Å².